The van der Waals surface area contributed by atoms with Crippen LogP contribution in [0, 0.1) is 5.41 Å². The summed E-state index contributed by atoms with van der Waals surface area (Å²) < 4.78 is 0. The lowest BCUT2D eigenvalue weighted by atomic mass is 9.69. The first kappa shape index (κ1) is 13.6. The van der Waals surface area contributed by atoms with E-state index in [4.69, 9.17) is 5.73 Å². The van der Waals surface area contributed by atoms with Crippen LogP contribution in [-0.2, 0) is 11.3 Å². The zero-order chi connectivity index (χ0) is 13.2. The van der Waals surface area contributed by atoms with Crippen molar-refractivity contribution in [1.29, 1.82) is 0 Å². The molecule has 1 aromatic heterocycles. The lowest BCUT2D eigenvalue weighted by Gasteiger charge is -2.42. The lowest BCUT2D eigenvalue weighted by molar-refractivity contribution is -0.126. The van der Waals surface area contributed by atoms with E-state index in [-0.39, 0.29) is 5.91 Å². The van der Waals surface area contributed by atoms with E-state index < -0.39 is 5.54 Å². The van der Waals surface area contributed by atoms with Gasteiger partial charge in [-0.15, -0.1) is 11.3 Å². The quantitative estimate of drug-likeness (QED) is 0.880. The lowest BCUT2D eigenvalue weighted by Crippen LogP contribution is -2.57. The third kappa shape index (κ3) is 2.93. The topological polar surface area (TPSA) is 55.1 Å². The van der Waals surface area contributed by atoms with Crippen LogP contribution in [0.3, 0.4) is 0 Å². The molecule has 0 spiro atoms. The van der Waals surface area contributed by atoms with Crippen molar-refractivity contribution in [2.75, 3.05) is 0 Å². The highest BCUT2D eigenvalue weighted by atomic mass is 32.1. The fourth-order valence-corrected chi connectivity index (χ4v) is 3.18. The number of hydrogen-bond donors (Lipinski definition) is 2. The summed E-state index contributed by atoms with van der Waals surface area (Å²) in [6, 6.07) is 4.11. The van der Waals surface area contributed by atoms with E-state index in [1.807, 2.05) is 6.07 Å². The number of rotatable bonds is 4. The number of nitrogens with one attached hydrogen (secondary N) is 1. The minimum Gasteiger partial charge on any atom is -0.368 e. The summed E-state index contributed by atoms with van der Waals surface area (Å²) in [5.41, 5.74) is 5.47. The van der Waals surface area contributed by atoms with Crippen LogP contribution >= 0.6 is 11.3 Å². The summed E-state index contributed by atoms with van der Waals surface area (Å²) in [6.07, 6.45) is 3.79. The van der Waals surface area contributed by atoms with E-state index in [0.29, 0.717) is 5.41 Å². The zero-order valence-corrected chi connectivity index (χ0v) is 12.0. The molecule has 4 heteroatoms. The van der Waals surface area contributed by atoms with Crippen molar-refractivity contribution in [3.63, 3.8) is 0 Å². The Morgan fingerprint density at radius 2 is 2.06 bits per heavy atom. The first-order valence-electron chi connectivity index (χ1n) is 6.51. The second kappa shape index (κ2) is 5.02. The van der Waals surface area contributed by atoms with E-state index in [0.717, 1.165) is 32.2 Å². The molecule has 0 aliphatic heterocycles. The molecule has 0 aromatic carbocycles. The summed E-state index contributed by atoms with van der Waals surface area (Å²) in [4.78, 5) is 13.1. The molecule has 1 aliphatic rings. The van der Waals surface area contributed by atoms with Crippen LogP contribution in [0.15, 0.2) is 17.5 Å². The van der Waals surface area contributed by atoms with Gasteiger partial charge in [0, 0.05) is 11.4 Å². The zero-order valence-electron chi connectivity index (χ0n) is 11.2. The van der Waals surface area contributed by atoms with Gasteiger partial charge in [-0.3, -0.25) is 10.1 Å². The summed E-state index contributed by atoms with van der Waals surface area (Å²) >= 11 is 1.71. The third-order valence-corrected chi connectivity index (χ3v) is 4.99. The molecule has 1 aromatic rings. The molecule has 18 heavy (non-hydrogen) atoms. The molecule has 3 N–H and O–H groups in total. The average molecular weight is 266 g/mol. The molecule has 3 nitrogen and oxygen atoms in total. The SMILES string of the molecule is CC1(C)CCC(NCc2cccs2)(C(N)=O)CC1. The Kier molecular flexibility index (Phi) is 3.78. The number of hydrogen-bond acceptors (Lipinski definition) is 3. The molecule has 0 saturated heterocycles. The molecule has 1 amide bonds. The number of thiophene rings is 1. The molecule has 100 valence electrons. The Bertz CT molecular complexity index is 401. The van der Waals surface area contributed by atoms with Gasteiger partial charge >= 0.3 is 0 Å². The number of primary amides is 1. The van der Waals surface area contributed by atoms with Gasteiger partial charge in [0.05, 0.1) is 5.54 Å². The first-order chi connectivity index (χ1) is 8.44. The van der Waals surface area contributed by atoms with Gasteiger partial charge in [-0.05, 0) is 42.5 Å². The molecule has 1 heterocycles. The van der Waals surface area contributed by atoms with Gasteiger partial charge in [-0.1, -0.05) is 19.9 Å². The molecule has 1 fully saturated rings. The predicted octanol–water partition coefficient (Wildman–Crippen LogP) is 2.66. The Balaban J connectivity index is 2.02. The van der Waals surface area contributed by atoms with Gasteiger partial charge in [0.1, 0.15) is 0 Å². The highest BCUT2D eigenvalue weighted by molar-refractivity contribution is 7.09. The van der Waals surface area contributed by atoms with Gasteiger partial charge in [-0.2, -0.15) is 0 Å². The Morgan fingerprint density at radius 1 is 1.39 bits per heavy atom. The molecular weight excluding hydrogens is 244 g/mol. The van der Waals surface area contributed by atoms with Gasteiger partial charge in [-0.25, -0.2) is 0 Å². The minimum atomic E-state index is -0.500. The maximum Gasteiger partial charge on any atom is 0.237 e. The van der Waals surface area contributed by atoms with E-state index in [1.54, 1.807) is 11.3 Å². The van der Waals surface area contributed by atoms with Crippen molar-refractivity contribution < 1.29 is 4.79 Å². The predicted molar refractivity (Wildman–Crippen MR) is 75.3 cm³/mol. The maximum absolute atomic E-state index is 11.8. The fourth-order valence-electron chi connectivity index (χ4n) is 2.53. The summed E-state index contributed by atoms with van der Waals surface area (Å²) in [5, 5.41) is 5.46. The van der Waals surface area contributed by atoms with Crippen LogP contribution < -0.4 is 11.1 Å². The number of nitrogens with two attached hydrogens (primary N) is 1. The van der Waals surface area contributed by atoms with Crippen molar-refractivity contribution >= 4 is 17.2 Å². The van der Waals surface area contributed by atoms with Gasteiger partial charge < -0.3 is 5.73 Å². The molecule has 2 rings (SSSR count). The minimum absolute atomic E-state index is 0.199. The highest BCUT2D eigenvalue weighted by Gasteiger charge is 2.42. The molecule has 0 unspecified atom stereocenters. The molecule has 0 bridgehead atoms. The normalized spacial score (nSPS) is 21.7. The summed E-state index contributed by atoms with van der Waals surface area (Å²) in [5.74, 6) is -0.199. The summed E-state index contributed by atoms with van der Waals surface area (Å²) in [6.45, 7) is 5.26. The van der Waals surface area contributed by atoms with Gasteiger partial charge in [0.2, 0.25) is 5.91 Å². The molecule has 1 aliphatic carbocycles. The molecule has 1 saturated carbocycles. The Labute approximate surface area is 113 Å². The van der Waals surface area contributed by atoms with Crippen molar-refractivity contribution in [2.24, 2.45) is 11.1 Å². The van der Waals surface area contributed by atoms with E-state index >= 15 is 0 Å². The number of amides is 1. The second-order valence-electron chi connectivity index (χ2n) is 6.04. The molecule has 0 radical (unpaired) electrons. The summed E-state index contributed by atoms with van der Waals surface area (Å²) in [7, 11) is 0. The second-order valence-corrected chi connectivity index (χ2v) is 7.08. The van der Waals surface area contributed by atoms with Crippen molar-refractivity contribution in [3.05, 3.63) is 22.4 Å². The standard InChI is InChI=1S/C14H22N2OS/c1-13(2)5-7-14(8-6-13,12(15)17)16-10-11-4-3-9-18-11/h3-4,9,16H,5-8,10H2,1-2H3,(H2,15,17). The fraction of sp³-hybridized carbons (Fsp3) is 0.643. The van der Waals surface area contributed by atoms with Crippen molar-refractivity contribution in [3.8, 4) is 0 Å². The maximum atomic E-state index is 11.8. The number of carbonyl (C=O) groups excluding carboxylic acids is 1. The van der Waals surface area contributed by atoms with Gasteiger partial charge in [0.15, 0.2) is 0 Å². The average Bonchev–Trinajstić information content (AvgIpc) is 2.81. The van der Waals surface area contributed by atoms with Crippen LogP contribution in [0.4, 0.5) is 0 Å². The van der Waals surface area contributed by atoms with Crippen molar-refractivity contribution in [1.82, 2.24) is 5.32 Å². The Morgan fingerprint density at radius 3 is 2.56 bits per heavy atom. The van der Waals surface area contributed by atoms with Crippen LogP contribution in [0.1, 0.15) is 44.4 Å². The van der Waals surface area contributed by atoms with Crippen LogP contribution in [-0.4, -0.2) is 11.4 Å². The number of carbonyl (C=O) groups is 1. The van der Waals surface area contributed by atoms with Crippen LogP contribution in [0.2, 0.25) is 0 Å². The van der Waals surface area contributed by atoms with E-state index in [2.05, 4.69) is 30.6 Å². The largest absolute Gasteiger partial charge is 0.368 e. The first-order valence-corrected chi connectivity index (χ1v) is 7.39. The van der Waals surface area contributed by atoms with E-state index in [9.17, 15) is 4.79 Å². The van der Waals surface area contributed by atoms with Crippen LogP contribution in [0.25, 0.3) is 0 Å². The smallest absolute Gasteiger partial charge is 0.237 e. The monoisotopic (exact) mass is 266 g/mol. The highest BCUT2D eigenvalue weighted by Crippen LogP contribution is 2.40. The van der Waals surface area contributed by atoms with Gasteiger partial charge in [0.25, 0.3) is 0 Å². The molecular formula is C14H22N2OS. The molecule has 0 atom stereocenters. The van der Waals surface area contributed by atoms with Crippen LogP contribution in [0.5, 0.6) is 0 Å². The van der Waals surface area contributed by atoms with E-state index in [1.165, 1.54) is 4.88 Å². The Hall–Kier alpha value is -0.870. The van der Waals surface area contributed by atoms with Crippen molar-refractivity contribution in [2.45, 2.75) is 51.6 Å². The third-order valence-electron chi connectivity index (χ3n) is 4.11.